The molecule has 4 aromatic rings. The first-order chi connectivity index (χ1) is 12.1. The van der Waals surface area contributed by atoms with Crippen LogP contribution in [0.5, 0.6) is 0 Å². The molecule has 4 rings (SSSR count). The van der Waals surface area contributed by atoms with Crippen LogP contribution in [0.2, 0.25) is 0 Å². The molecule has 0 aliphatic heterocycles. The number of nitrogens with zero attached hydrogens (tertiary/aromatic N) is 4. The molecule has 0 amide bonds. The minimum atomic E-state index is 0.457. The predicted molar refractivity (Wildman–Crippen MR) is 99.8 cm³/mol. The number of nitrogen functional groups attached to an aromatic ring is 1. The van der Waals surface area contributed by atoms with Crippen molar-refractivity contribution in [1.29, 1.82) is 0 Å². The summed E-state index contributed by atoms with van der Waals surface area (Å²) in [6.45, 7) is 5.09. The molecule has 0 radical (unpaired) electrons. The number of hydrogen-bond donors (Lipinski definition) is 2. The molecule has 3 aromatic heterocycles. The second-order valence-corrected chi connectivity index (χ2v) is 6.53. The molecule has 3 heterocycles. The summed E-state index contributed by atoms with van der Waals surface area (Å²) in [7, 11) is 0. The monoisotopic (exact) mass is 332 g/mol. The van der Waals surface area contributed by atoms with Crippen LogP contribution in [0.15, 0.2) is 48.7 Å². The third kappa shape index (κ3) is 2.76. The number of aromatic nitrogens is 5. The average molecular weight is 332 g/mol. The highest BCUT2D eigenvalue weighted by molar-refractivity contribution is 5.83. The summed E-state index contributed by atoms with van der Waals surface area (Å²) < 4.78 is 1.98. The van der Waals surface area contributed by atoms with Gasteiger partial charge in [0.05, 0.1) is 5.69 Å². The molecular weight excluding hydrogens is 312 g/mol. The summed E-state index contributed by atoms with van der Waals surface area (Å²) in [5, 5.41) is 7.37. The van der Waals surface area contributed by atoms with Crippen molar-refractivity contribution < 1.29 is 0 Å². The van der Waals surface area contributed by atoms with Crippen molar-refractivity contribution in [2.45, 2.75) is 20.4 Å². The minimum Gasteiger partial charge on any atom is -0.369 e. The second kappa shape index (κ2) is 6.05. The van der Waals surface area contributed by atoms with Crippen LogP contribution in [-0.4, -0.2) is 24.7 Å². The Morgan fingerprint density at radius 1 is 1.08 bits per heavy atom. The fourth-order valence-electron chi connectivity index (χ4n) is 3.02. The lowest BCUT2D eigenvalue weighted by Crippen LogP contribution is -2.08. The lowest BCUT2D eigenvalue weighted by molar-refractivity contribution is 0.535. The van der Waals surface area contributed by atoms with Crippen LogP contribution >= 0.6 is 0 Å². The maximum absolute atomic E-state index is 6.08. The van der Waals surface area contributed by atoms with Crippen molar-refractivity contribution in [2.75, 3.05) is 5.73 Å². The van der Waals surface area contributed by atoms with Crippen LogP contribution in [0.1, 0.15) is 13.8 Å². The first-order valence-electron chi connectivity index (χ1n) is 8.36. The Morgan fingerprint density at radius 2 is 1.88 bits per heavy atom. The number of benzene rings is 1. The number of fused-ring (bicyclic) bond motifs is 1. The molecule has 6 heteroatoms. The van der Waals surface area contributed by atoms with Crippen LogP contribution < -0.4 is 5.73 Å². The zero-order valence-corrected chi connectivity index (χ0v) is 14.3. The van der Waals surface area contributed by atoms with Gasteiger partial charge in [-0.05, 0) is 18.1 Å². The topological polar surface area (TPSA) is 85.4 Å². The number of rotatable bonds is 4. The van der Waals surface area contributed by atoms with Crippen molar-refractivity contribution in [1.82, 2.24) is 24.7 Å². The van der Waals surface area contributed by atoms with E-state index in [1.807, 2.05) is 53.2 Å². The van der Waals surface area contributed by atoms with Gasteiger partial charge in [-0.1, -0.05) is 44.2 Å². The third-order valence-electron chi connectivity index (χ3n) is 4.13. The Bertz CT molecular complexity index is 1010. The first kappa shape index (κ1) is 15.4. The minimum absolute atomic E-state index is 0.457. The lowest BCUT2D eigenvalue weighted by Gasteiger charge is -2.09. The summed E-state index contributed by atoms with van der Waals surface area (Å²) in [6, 6.07) is 14.0. The normalized spacial score (nSPS) is 11.5. The molecule has 0 aliphatic carbocycles. The van der Waals surface area contributed by atoms with E-state index >= 15 is 0 Å². The fraction of sp³-hybridized carbons (Fsp3) is 0.211. The first-order valence-corrected chi connectivity index (χ1v) is 8.36. The van der Waals surface area contributed by atoms with E-state index < -0.39 is 0 Å². The molecule has 0 saturated heterocycles. The maximum Gasteiger partial charge on any atom is 0.202 e. The molecule has 0 unspecified atom stereocenters. The van der Waals surface area contributed by atoms with Crippen LogP contribution in [0.3, 0.4) is 0 Å². The Balaban J connectivity index is 1.85. The molecule has 0 saturated carbocycles. The van der Waals surface area contributed by atoms with E-state index in [1.54, 1.807) is 0 Å². The van der Waals surface area contributed by atoms with Gasteiger partial charge in [0.15, 0.2) is 5.65 Å². The van der Waals surface area contributed by atoms with Crippen LogP contribution in [-0.2, 0) is 6.54 Å². The lowest BCUT2D eigenvalue weighted by atomic mass is 10.1. The Hall–Kier alpha value is -3.15. The third-order valence-corrected chi connectivity index (χ3v) is 4.13. The molecular formula is C19H20N6. The highest BCUT2D eigenvalue weighted by Gasteiger charge is 2.15. The van der Waals surface area contributed by atoms with Crippen molar-refractivity contribution >= 4 is 17.1 Å². The highest BCUT2D eigenvalue weighted by atomic mass is 15.2. The van der Waals surface area contributed by atoms with Gasteiger partial charge in [-0.3, -0.25) is 9.67 Å². The average Bonchev–Trinajstić information content (AvgIpc) is 3.20. The van der Waals surface area contributed by atoms with Crippen molar-refractivity contribution in [3.63, 3.8) is 0 Å². The number of aromatic amines is 1. The molecule has 0 fully saturated rings. The van der Waals surface area contributed by atoms with Gasteiger partial charge in [-0.2, -0.15) is 5.10 Å². The van der Waals surface area contributed by atoms with Gasteiger partial charge in [0.1, 0.15) is 11.2 Å². The van der Waals surface area contributed by atoms with E-state index in [9.17, 15) is 0 Å². The molecule has 0 aliphatic rings. The van der Waals surface area contributed by atoms with Gasteiger partial charge >= 0.3 is 0 Å². The van der Waals surface area contributed by atoms with E-state index in [4.69, 9.17) is 10.7 Å². The van der Waals surface area contributed by atoms with Gasteiger partial charge in [0.2, 0.25) is 5.95 Å². The quantitative estimate of drug-likeness (QED) is 0.596. The number of pyridine rings is 1. The van der Waals surface area contributed by atoms with Crippen molar-refractivity contribution in [3.05, 3.63) is 48.7 Å². The Labute approximate surface area is 145 Å². The molecule has 1 aromatic carbocycles. The van der Waals surface area contributed by atoms with Crippen LogP contribution in [0.25, 0.3) is 33.7 Å². The maximum atomic E-state index is 6.08. The smallest absolute Gasteiger partial charge is 0.202 e. The number of imidazole rings is 1. The van der Waals surface area contributed by atoms with E-state index in [2.05, 4.69) is 29.0 Å². The number of H-pyrrole nitrogens is 1. The fourth-order valence-corrected chi connectivity index (χ4v) is 3.02. The largest absolute Gasteiger partial charge is 0.369 e. The number of anilines is 1. The molecule has 3 N–H and O–H groups in total. The summed E-state index contributed by atoms with van der Waals surface area (Å²) >= 11 is 0. The molecule has 126 valence electrons. The molecule has 0 atom stereocenters. The standard InChI is InChI=1S/C19H20N6/c1-12(2)11-25-18-16(23-19(25)20)9-8-15(22-18)14-10-21-24-17(14)13-6-4-3-5-7-13/h3-10,12H,11H2,1-2H3,(H2,20,23)(H,21,24). The van der Waals surface area contributed by atoms with E-state index in [-0.39, 0.29) is 0 Å². The van der Waals surface area contributed by atoms with Gasteiger partial charge < -0.3 is 5.73 Å². The van der Waals surface area contributed by atoms with Gasteiger partial charge in [-0.15, -0.1) is 0 Å². The summed E-state index contributed by atoms with van der Waals surface area (Å²) in [5.74, 6) is 0.961. The molecule has 0 bridgehead atoms. The number of hydrogen-bond acceptors (Lipinski definition) is 4. The summed E-state index contributed by atoms with van der Waals surface area (Å²) in [4.78, 5) is 9.26. The number of nitrogens with two attached hydrogens (primary N) is 1. The molecule has 0 spiro atoms. The summed E-state index contributed by atoms with van der Waals surface area (Å²) in [6.07, 6.45) is 1.88. The van der Waals surface area contributed by atoms with Crippen molar-refractivity contribution in [3.8, 4) is 22.5 Å². The number of nitrogens with one attached hydrogen (secondary N) is 1. The van der Waals surface area contributed by atoms with E-state index in [1.165, 1.54) is 0 Å². The van der Waals surface area contributed by atoms with Gasteiger partial charge in [0.25, 0.3) is 0 Å². The zero-order valence-electron chi connectivity index (χ0n) is 14.3. The van der Waals surface area contributed by atoms with Crippen LogP contribution in [0, 0.1) is 5.92 Å². The second-order valence-electron chi connectivity index (χ2n) is 6.53. The predicted octanol–water partition coefficient (Wildman–Crippen LogP) is 3.73. The van der Waals surface area contributed by atoms with Gasteiger partial charge in [0, 0.05) is 23.9 Å². The van der Waals surface area contributed by atoms with Crippen LogP contribution in [0.4, 0.5) is 5.95 Å². The summed E-state index contributed by atoms with van der Waals surface area (Å²) in [5.41, 5.74) is 11.5. The van der Waals surface area contributed by atoms with Crippen molar-refractivity contribution in [2.24, 2.45) is 5.92 Å². The SMILES string of the molecule is CC(C)Cn1c(N)nc2ccc(-c3c[nH]nc3-c3ccccc3)nc21. The zero-order chi connectivity index (χ0) is 17.4. The Morgan fingerprint density at radius 3 is 2.64 bits per heavy atom. The molecule has 6 nitrogen and oxygen atoms in total. The highest BCUT2D eigenvalue weighted by Crippen LogP contribution is 2.30. The van der Waals surface area contributed by atoms with E-state index in [0.717, 1.165) is 40.2 Å². The van der Waals surface area contributed by atoms with E-state index in [0.29, 0.717) is 11.9 Å². The van der Waals surface area contributed by atoms with Gasteiger partial charge in [-0.25, -0.2) is 9.97 Å². The molecule has 25 heavy (non-hydrogen) atoms. The Kier molecular flexibility index (Phi) is 3.72.